The van der Waals surface area contributed by atoms with Crippen molar-refractivity contribution >= 4 is 0 Å². The lowest BCUT2D eigenvalue weighted by Crippen LogP contribution is -2.50. The zero-order valence-corrected chi connectivity index (χ0v) is 13.8. The molecule has 0 bridgehead atoms. The Balaban J connectivity index is 1.44. The standard InChI is InChI=1S/C18H34N2/c1-14-10-17(12-18(2,3)11-14)20-8-6-16(7-9-20)19-13-15-4-5-15/h14-17,19H,4-13H2,1-3H3. The van der Waals surface area contributed by atoms with Crippen LogP contribution in [0.1, 0.15) is 65.7 Å². The van der Waals surface area contributed by atoms with Crippen molar-refractivity contribution in [1.82, 2.24) is 10.2 Å². The van der Waals surface area contributed by atoms with Crippen molar-refractivity contribution in [2.45, 2.75) is 77.8 Å². The van der Waals surface area contributed by atoms with Gasteiger partial charge < -0.3 is 10.2 Å². The van der Waals surface area contributed by atoms with Crippen molar-refractivity contribution < 1.29 is 0 Å². The summed E-state index contributed by atoms with van der Waals surface area (Å²) in [6, 6.07) is 1.67. The van der Waals surface area contributed by atoms with Gasteiger partial charge in [-0.15, -0.1) is 0 Å². The molecule has 0 amide bonds. The quantitative estimate of drug-likeness (QED) is 0.844. The minimum atomic E-state index is 0.559. The molecule has 2 aliphatic carbocycles. The molecule has 3 fully saturated rings. The predicted molar refractivity (Wildman–Crippen MR) is 85.9 cm³/mol. The van der Waals surface area contributed by atoms with Crippen molar-refractivity contribution in [1.29, 1.82) is 0 Å². The van der Waals surface area contributed by atoms with Crippen LogP contribution in [0.3, 0.4) is 0 Å². The van der Waals surface area contributed by atoms with Gasteiger partial charge in [0, 0.05) is 12.1 Å². The van der Waals surface area contributed by atoms with Crippen LogP contribution >= 0.6 is 0 Å². The predicted octanol–water partition coefficient (Wildman–Crippen LogP) is 3.67. The fourth-order valence-corrected chi connectivity index (χ4v) is 4.70. The van der Waals surface area contributed by atoms with Gasteiger partial charge in [0.05, 0.1) is 0 Å². The molecule has 116 valence electrons. The summed E-state index contributed by atoms with van der Waals surface area (Å²) >= 11 is 0. The maximum absolute atomic E-state index is 3.81. The Hall–Kier alpha value is -0.0800. The van der Waals surface area contributed by atoms with Crippen LogP contribution in [0.2, 0.25) is 0 Å². The van der Waals surface area contributed by atoms with Crippen molar-refractivity contribution in [2.24, 2.45) is 17.3 Å². The summed E-state index contributed by atoms with van der Waals surface area (Å²) in [5.74, 6) is 1.93. The summed E-state index contributed by atoms with van der Waals surface area (Å²) in [5, 5.41) is 3.81. The van der Waals surface area contributed by atoms with Crippen LogP contribution in [-0.2, 0) is 0 Å². The summed E-state index contributed by atoms with van der Waals surface area (Å²) in [6.45, 7) is 11.3. The highest BCUT2D eigenvalue weighted by Crippen LogP contribution is 2.41. The van der Waals surface area contributed by atoms with Crippen LogP contribution in [0.4, 0.5) is 0 Å². The second-order valence-corrected chi connectivity index (χ2v) is 8.73. The highest BCUT2D eigenvalue weighted by molar-refractivity contribution is 4.90. The van der Waals surface area contributed by atoms with Crippen LogP contribution in [0, 0.1) is 17.3 Å². The number of nitrogens with zero attached hydrogens (tertiary/aromatic N) is 1. The average molecular weight is 278 g/mol. The number of hydrogen-bond donors (Lipinski definition) is 1. The van der Waals surface area contributed by atoms with Crippen LogP contribution < -0.4 is 5.32 Å². The summed E-state index contributed by atoms with van der Waals surface area (Å²) in [4.78, 5) is 2.81. The van der Waals surface area contributed by atoms with Gasteiger partial charge in [-0.25, -0.2) is 0 Å². The lowest BCUT2D eigenvalue weighted by Gasteiger charge is -2.46. The molecule has 2 heteroatoms. The van der Waals surface area contributed by atoms with E-state index in [-0.39, 0.29) is 0 Å². The molecule has 20 heavy (non-hydrogen) atoms. The van der Waals surface area contributed by atoms with Crippen LogP contribution in [-0.4, -0.2) is 36.6 Å². The molecule has 0 aromatic heterocycles. The fourth-order valence-electron chi connectivity index (χ4n) is 4.70. The Bertz CT molecular complexity index is 313. The highest BCUT2D eigenvalue weighted by Gasteiger charge is 2.36. The molecule has 0 radical (unpaired) electrons. The smallest absolute Gasteiger partial charge is 0.0103 e. The molecular weight excluding hydrogens is 244 g/mol. The van der Waals surface area contributed by atoms with Gasteiger partial charge in [-0.05, 0) is 81.8 Å². The summed E-state index contributed by atoms with van der Waals surface area (Å²) in [7, 11) is 0. The molecule has 3 aliphatic rings. The summed E-state index contributed by atoms with van der Waals surface area (Å²) in [6.07, 6.45) is 9.96. The zero-order valence-electron chi connectivity index (χ0n) is 13.8. The average Bonchev–Trinajstić information content (AvgIpc) is 3.18. The second-order valence-electron chi connectivity index (χ2n) is 8.73. The fraction of sp³-hybridized carbons (Fsp3) is 1.00. The van der Waals surface area contributed by atoms with Crippen molar-refractivity contribution in [2.75, 3.05) is 19.6 Å². The van der Waals surface area contributed by atoms with E-state index in [1.165, 1.54) is 64.6 Å². The number of nitrogens with one attached hydrogen (secondary N) is 1. The van der Waals surface area contributed by atoms with E-state index in [0.29, 0.717) is 5.41 Å². The van der Waals surface area contributed by atoms with Gasteiger partial charge in [-0.3, -0.25) is 0 Å². The molecule has 0 aromatic rings. The monoisotopic (exact) mass is 278 g/mol. The minimum absolute atomic E-state index is 0.559. The number of rotatable bonds is 4. The van der Waals surface area contributed by atoms with E-state index in [2.05, 4.69) is 31.0 Å². The first-order valence-electron chi connectivity index (χ1n) is 8.99. The third kappa shape index (κ3) is 3.98. The van der Waals surface area contributed by atoms with E-state index in [4.69, 9.17) is 0 Å². The van der Waals surface area contributed by atoms with Gasteiger partial charge in [-0.2, -0.15) is 0 Å². The van der Waals surface area contributed by atoms with E-state index in [1.807, 2.05) is 0 Å². The Morgan fingerprint density at radius 2 is 1.75 bits per heavy atom. The minimum Gasteiger partial charge on any atom is -0.314 e. The van der Waals surface area contributed by atoms with Crippen LogP contribution in [0.5, 0.6) is 0 Å². The third-order valence-corrected chi connectivity index (χ3v) is 5.80. The molecule has 3 rings (SSSR count). The Morgan fingerprint density at radius 3 is 2.35 bits per heavy atom. The van der Waals surface area contributed by atoms with Crippen molar-refractivity contribution in [3.05, 3.63) is 0 Å². The maximum atomic E-state index is 3.81. The molecule has 2 saturated carbocycles. The first-order valence-corrected chi connectivity index (χ1v) is 8.99. The molecule has 1 N–H and O–H groups in total. The van der Waals surface area contributed by atoms with Gasteiger partial charge in [-0.1, -0.05) is 20.8 Å². The summed E-state index contributed by atoms with van der Waals surface area (Å²) in [5.41, 5.74) is 0.559. The SMILES string of the molecule is CC1CC(N2CCC(NCC3CC3)CC2)CC(C)(C)C1. The van der Waals surface area contributed by atoms with Crippen LogP contribution in [0.15, 0.2) is 0 Å². The van der Waals surface area contributed by atoms with E-state index < -0.39 is 0 Å². The van der Waals surface area contributed by atoms with Crippen molar-refractivity contribution in [3.8, 4) is 0 Å². The van der Waals surface area contributed by atoms with Gasteiger partial charge >= 0.3 is 0 Å². The zero-order chi connectivity index (χ0) is 14.2. The lowest BCUT2D eigenvalue weighted by atomic mass is 9.70. The molecule has 1 aliphatic heterocycles. The second kappa shape index (κ2) is 5.96. The first kappa shape index (κ1) is 14.8. The lowest BCUT2D eigenvalue weighted by molar-refractivity contribution is 0.0489. The Morgan fingerprint density at radius 1 is 1.05 bits per heavy atom. The van der Waals surface area contributed by atoms with Gasteiger partial charge in [0.1, 0.15) is 0 Å². The van der Waals surface area contributed by atoms with Gasteiger partial charge in [0.2, 0.25) is 0 Å². The largest absolute Gasteiger partial charge is 0.314 e. The van der Waals surface area contributed by atoms with E-state index >= 15 is 0 Å². The van der Waals surface area contributed by atoms with Crippen molar-refractivity contribution in [3.63, 3.8) is 0 Å². The molecule has 0 aromatic carbocycles. The molecule has 1 saturated heterocycles. The number of likely N-dealkylation sites (tertiary alicyclic amines) is 1. The molecule has 2 nitrogen and oxygen atoms in total. The first-order chi connectivity index (χ1) is 9.52. The van der Waals surface area contributed by atoms with E-state index in [1.54, 1.807) is 0 Å². The topological polar surface area (TPSA) is 15.3 Å². The number of hydrogen-bond acceptors (Lipinski definition) is 2. The van der Waals surface area contributed by atoms with E-state index in [0.717, 1.165) is 23.9 Å². The molecule has 0 spiro atoms. The normalized spacial score (nSPS) is 36.1. The molecule has 2 unspecified atom stereocenters. The third-order valence-electron chi connectivity index (χ3n) is 5.80. The van der Waals surface area contributed by atoms with E-state index in [9.17, 15) is 0 Å². The molecular formula is C18H34N2. The van der Waals surface area contributed by atoms with Gasteiger partial charge in [0.15, 0.2) is 0 Å². The Kier molecular flexibility index (Phi) is 4.42. The maximum Gasteiger partial charge on any atom is 0.0103 e. The number of piperidine rings is 1. The Labute approximate surface area is 125 Å². The van der Waals surface area contributed by atoms with Crippen LogP contribution in [0.25, 0.3) is 0 Å². The van der Waals surface area contributed by atoms with Gasteiger partial charge in [0.25, 0.3) is 0 Å². The highest BCUT2D eigenvalue weighted by atomic mass is 15.2. The summed E-state index contributed by atoms with van der Waals surface area (Å²) < 4.78 is 0. The molecule has 1 heterocycles. The molecule has 2 atom stereocenters.